The number of nitrogens with one attached hydrogen (secondary N) is 1. The number of likely N-dealkylation sites (N-methyl/N-ethyl adjacent to an activating group) is 1. The van der Waals surface area contributed by atoms with E-state index in [1.807, 2.05) is 33.3 Å². The van der Waals surface area contributed by atoms with Gasteiger partial charge in [-0.15, -0.1) is 0 Å². The highest BCUT2D eigenvalue weighted by molar-refractivity contribution is 7.45. The summed E-state index contributed by atoms with van der Waals surface area (Å²) >= 11 is 0. The SMILES string of the molecule is CC/C=C\C/C=C\C/C=C\C/C=C\C/C=C\CCCCCCCCCCCCCC(=O)NC(COP(=O)([O-])OCC[N+](C)(C)C)C(/C=C\CCCCCCCCCCC)OC(=O)CCCCCCC/C=C\C/C=C\C/C=C\C/C=C\CCCCC. The van der Waals surface area contributed by atoms with Crippen LogP contribution in [-0.4, -0.2) is 69.4 Å². The molecule has 0 saturated heterocycles. The smallest absolute Gasteiger partial charge is 0.306 e. The van der Waals surface area contributed by atoms with E-state index >= 15 is 0 Å². The molecule has 3 unspecified atom stereocenters. The number of rotatable bonds is 62. The summed E-state index contributed by atoms with van der Waals surface area (Å²) in [4.78, 5) is 40.1. The van der Waals surface area contributed by atoms with Gasteiger partial charge in [0.15, 0.2) is 0 Å². The van der Waals surface area contributed by atoms with Crippen LogP contribution < -0.4 is 10.2 Å². The van der Waals surface area contributed by atoms with E-state index in [0.29, 0.717) is 23.9 Å². The first-order chi connectivity index (χ1) is 41.4. The maximum atomic E-state index is 13.6. The van der Waals surface area contributed by atoms with E-state index in [2.05, 4.69) is 135 Å². The highest BCUT2D eigenvalue weighted by Gasteiger charge is 2.27. The monoisotopic (exact) mass is 1200 g/mol. The summed E-state index contributed by atoms with van der Waals surface area (Å²) in [6.07, 6.45) is 88.9. The molecule has 85 heavy (non-hydrogen) atoms. The number of quaternary nitrogens is 1. The Bertz CT molecular complexity index is 1870. The first-order valence-electron chi connectivity index (χ1n) is 34.8. The van der Waals surface area contributed by atoms with Gasteiger partial charge in [-0.2, -0.15) is 0 Å². The van der Waals surface area contributed by atoms with Crippen LogP contribution in [0.2, 0.25) is 0 Å². The summed E-state index contributed by atoms with van der Waals surface area (Å²) in [6.45, 7) is 6.68. The zero-order chi connectivity index (χ0) is 62.1. The number of hydrogen-bond acceptors (Lipinski definition) is 7. The van der Waals surface area contributed by atoms with Gasteiger partial charge in [0.05, 0.1) is 33.8 Å². The van der Waals surface area contributed by atoms with Crippen LogP contribution in [0.1, 0.15) is 290 Å². The topological polar surface area (TPSA) is 114 Å². The third kappa shape index (κ3) is 64.7. The summed E-state index contributed by atoms with van der Waals surface area (Å²) in [5, 5.41) is 3.03. The molecular formula is C75H131N2O7P. The molecule has 488 valence electrons. The number of amides is 1. The van der Waals surface area contributed by atoms with Crippen molar-refractivity contribution in [1.29, 1.82) is 0 Å². The lowest BCUT2D eigenvalue weighted by Gasteiger charge is -2.30. The molecule has 0 aliphatic rings. The van der Waals surface area contributed by atoms with Crippen LogP contribution in [0.3, 0.4) is 0 Å². The van der Waals surface area contributed by atoms with Gasteiger partial charge in [0, 0.05) is 12.8 Å². The molecule has 3 atom stereocenters. The number of carbonyl (C=O) groups is 2. The molecular weight excluding hydrogens is 1070 g/mol. The Kier molecular flexibility index (Phi) is 60.8. The van der Waals surface area contributed by atoms with Crippen LogP contribution in [0.4, 0.5) is 0 Å². The molecule has 0 aromatic carbocycles. The number of allylic oxidation sites excluding steroid dienone is 19. The molecule has 0 saturated carbocycles. The van der Waals surface area contributed by atoms with Crippen LogP contribution in [0, 0.1) is 0 Å². The molecule has 0 spiro atoms. The van der Waals surface area contributed by atoms with Crippen molar-refractivity contribution in [3.8, 4) is 0 Å². The second-order valence-corrected chi connectivity index (χ2v) is 25.7. The fraction of sp³-hybridized carbons (Fsp3) is 0.707. The highest BCUT2D eigenvalue weighted by Crippen LogP contribution is 2.38. The lowest BCUT2D eigenvalue weighted by molar-refractivity contribution is -0.870. The fourth-order valence-corrected chi connectivity index (χ4v) is 10.3. The molecule has 10 heteroatoms. The second-order valence-electron chi connectivity index (χ2n) is 24.3. The lowest BCUT2D eigenvalue weighted by atomic mass is 10.0. The quantitative estimate of drug-likeness (QED) is 0.0212. The average Bonchev–Trinajstić information content (AvgIpc) is 3.64. The van der Waals surface area contributed by atoms with Gasteiger partial charge >= 0.3 is 5.97 Å². The van der Waals surface area contributed by atoms with E-state index in [9.17, 15) is 19.0 Å². The minimum absolute atomic E-state index is 0.0319. The van der Waals surface area contributed by atoms with Gasteiger partial charge in [0.1, 0.15) is 19.3 Å². The van der Waals surface area contributed by atoms with Crippen molar-refractivity contribution in [1.82, 2.24) is 5.32 Å². The number of unbranched alkanes of at least 4 members (excludes halogenated alkanes) is 28. The third-order valence-electron chi connectivity index (χ3n) is 14.9. The molecule has 0 aliphatic heterocycles. The molecule has 0 aromatic rings. The number of phosphoric acid groups is 1. The average molecular weight is 1200 g/mol. The Hall–Kier alpha value is -3.59. The first-order valence-corrected chi connectivity index (χ1v) is 36.3. The zero-order valence-electron chi connectivity index (χ0n) is 55.8. The number of esters is 1. The standard InChI is InChI=1S/C75H131N2O7P/c1-7-10-13-16-19-22-25-27-29-31-33-35-36-37-38-39-40-42-43-45-47-49-52-55-58-61-64-67-74(78)76-72(71-83-85(80,81)82-70-69-77(4,5)6)73(66-63-60-57-54-51-24-21-18-15-12-9-3)84-75(79)68-65-62-59-56-53-50-48-46-44-41-34-32-30-28-26-23-20-17-14-11-8-2/h10,13,19-20,22-23,27-30,33-35,37-38,41,46,48,63,66,72-73H,7-9,11-12,14-18,21,24-26,31-32,36,39-40,42-45,47,49-62,64-65,67-71H2,1-6H3,(H-,76,78,80,81)/b13-10-,22-19-,23-20-,29-27-,30-28-,35-33-,38-37-,41-34-,48-46-,66-63-. The maximum Gasteiger partial charge on any atom is 0.306 e. The van der Waals surface area contributed by atoms with Crippen LogP contribution in [0.15, 0.2) is 122 Å². The van der Waals surface area contributed by atoms with Crippen molar-refractivity contribution in [2.24, 2.45) is 0 Å². The lowest BCUT2D eigenvalue weighted by Crippen LogP contribution is -2.47. The first kappa shape index (κ1) is 81.4. The summed E-state index contributed by atoms with van der Waals surface area (Å²) in [5.74, 6) is -0.569. The Labute approximate surface area is 524 Å². The Morgan fingerprint density at radius 2 is 0.753 bits per heavy atom. The van der Waals surface area contributed by atoms with Gasteiger partial charge in [0.25, 0.3) is 7.82 Å². The molecule has 0 bridgehead atoms. The largest absolute Gasteiger partial charge is 0.756 e. The normalized spacial score (nSPS) is 14.3. The van der Waals surface area contributed by atoms with Crippen LogP contribution in [0.5, 0.6) is 0 Å². The fourth-order valence-electron chi connectivity index (χ4n) is 9.53. The molecule has 1 amide bonds. The van der Waals surface area contributed by atoms with Crippen molar-refractivity contribution in [3.05, 3.63) is 122 Å². The van der Waals surface area contributed by atoms with Gasteiger partial charge < -0.3 is 28.5 Å². The van der Waals surface area contributed by atoms with Crippen molar-refractivity contribution in [2.75, 3.05) is 40.9 Å². The molecule has 0 aliphatic carbocycles. The Morgan fingerprint density at radius 1 is 0.424 bits per heavy atom. The number of phosphoric ester groups is 1. The number of hydrogen-bond donors (Lipinski definition) is 1. The Morgan fingerprint density at radius 3 is 1.15 bits per heavy atom. The van der Waals surface area contributed by atoms with Crippen LogP contribution in [0.25, 0.3) is 0 Å². The van der Waals surface area contributed by atoms with Gasteiger partial charge in [-0.05, 0) is 122 Å². The molecule has 1 N–H and O–H groups in total. The van der Waals surface area contributed by atoms with E-state index in [-0.39, 0.29) is 24.9 Å². The summed E-state index contributed by atoms with van der Waals surface area (Å²) < 4.78 is 30.4. The Balaban J connectivity index is 5.09. The predicted molar refractivity (Wildman–Crippen MR) is 367 cm³/mol. The van der Waals surface area contributed by atoms with Crippen molar-refractivity contribution in [3.63, 3.8) is 0 Å². The molecule has 0 rings (SSSR count). The van der Waals surface area contributed by atoms with Crippen LogP contribution in [-0.2, 0) is 27.9 Å². The molecule has 0 fully saturated rings. The predicted octanol–water partition coefficient (Wildman–Crippen LogP) is 21.6. The van der Waals surface area contributed by atoms with Gasteiger partial charge in [0.2, 0.25) is 5.91 Å². The van der Waals surface area contributed by atoms with E-state index < -0.39 is 26.6 Å². The number of nitrogens with zero attached hydrogens (tertiary/aromatic N) is 1. The van der Waals surface area contributed by atoms with Crippen LogP contribution >= 0.6 is 7.82 Å². The molecule has 0 aromatic heterocycles. The minimum Gasteiger partial charge on any atom is -0.756 e. The highest BCUT2D eigenvalue weighted by atomic mass is 31.2. The summed E-state index contributed by atoms with van der Waals surface area (Å²) in [5.41, 5.74) is 0. The van der Waals surface area contributed by atoms with Gasteiger partial charge in [-0.25, -0.2) is 0 Å². The minimum atomic E-state index is -4.72. The van der Waals surface area contributed by atoms with Gasteiger partial charge in [-0.3, -0.25) is 14.2 Å². The molecule has 9 nitrogen and oxygen atoms in total. The molecule has 0 radical (unpaired) electrons. The van der Waals surface area contributed by atoms with E-state index in [4.69, 9.17) is 13.8 Å². The van der Waals surface area contributed by atoms with Crippen molar-refractivity contribution in [2.45, 2.75) is 303 Å². The number of ether oxygens (including phenoxy) is 1. The summed E-state index contributed by atoms with van der Waals surface area (Å²) in [6, 6.07) is -0.907. The second kappa shape index (κ2) is 63.4. The molecule has 0 heterocycles. The van der Waals surface area contributed by atoms with Gasteiger partial charge in [-0.1, -0.05) is 277 Å². The third-order valence-corrected chi connectivity index (χ3v) is 15.8. The zero-order valence-corrected chi connectivity index (χ0v) is 56.7. The van der Waals surface area contributed by atoms with E-state index in [1.54, 1.807) is 0 Å². The van der Waals surface area contributed by atoms with E-state index in [1.165, 1.54) is 116 Å². The van der Waals surface area contributed by atoms with E-state index in [0.717, 1.165) is 135 Å². The number of carbonyl (C=O) groups excluding carboxylic acids is 2. The van der Waals surface area contributed by atoms with Crippen molar-refractivity contribution >= 4 is 19.7 Å². The summed E-state index contributed by atoms with van der Waals surface area (Å²) in [7, 11) is 1.16. The van der Waals surface area contributed by atoms with Crippen molar-refractivity contribution < 1.29 is 37.3 Å². The maximum absolute atomic E-state index is 13.6.